The lowest BCUT2D eigenvalue weighted by Crippen LogP contribution is -2.35. The molecule has 0 aliphatic carbocycles. The van der Waals surface area contributed by atoms with Gasteiger partial charge in [-0.2, -0.15) is 0 Å². The molecule has 1 amide bonds. The van der Waals surface area contributed by atoms with Crippen molar-refractivity contribution in [2.24, 2.45) is 5.92 Å². The Bertz CT molecular complexity index is 1180. The highest BCUT2D eigenvalue weighted by Gasteiger charge is 2.40. The molecular weight excluding hydrogens is 386 g/mol. The average Bonchev–Trinajstić information content (AvgIpc) is 3.36. The lowest BCUT2D eigenvalue weighted by molar-refractivity contribution is -0.129. The zero-order valence-electron chi connectivity index (χ0n) is 17.6. The Balaban J connectivity index is 1.36. The van der Waals surface area contributed by atoms with Crippen LogP contribution in [0.2, 0.25) is 0 Å². The number of hydrogen-bond donors (Lipinski definition) is 1. The summed E-state index contributed by atoms with van der Waals surface area (Å²) in [4.78, 5) is 26.2. The number of aromatic nitrogens is 2. The van der Waals surface area contributed by atoms with Crippen LogP contribution < -0.4 is 5.32 Å². The zero-order chi connectivity index (χ0) is 21.4. The Labute approximate surface area is 182 Å². The minimum Gasteiger partial charge on any atom is -0.340 e. The number of nitrogens with one attached hydrogen (secondary N) is 1. The molecule has 2 aromatic carbocycles. The second-order valence-electron chi connectivity index (χ2n) is 8.50. The van der Waals surface area contributed by atoms with Gasteiger partial charge in [0.15, 0.2) is 0 Å². The number of rotatable bonds is 4. The van der Waals surface area contributed by atoms with Crippen molar-refractivity contribution in [3.8, 4) is 12.3 Å². The molecule has 156 valence electrons. The van der Waals surface area contributed by atoms with E-state index in [1.807, 2.05) is 47.4 Å². The SMILES string of the molecule is C#Cc1cccc(Nc2ncnc3ccc(CC(=O)N4CC5CCN(C)C5C4)cc23)c1. The van der Waals surface area contributed by atoms with E-state index in [9.17, 15) is 4.79 Å². The molecule has 0 bridgehead atoms. The molecule has 1 N–H and O–H groups in total. The van der Waals surface area contributed by atoms with Gasteiger partial charge < -0.3 is 15.1 Å². The lowest BCUT2D eigenvalue weighted by atomic mass is 10.1. The summed E-state index contributed by atoms with van der Waals surface area (Å²) in [6.45, 7) is 2.86. The predicted molar refractivity (Wildman–Crippen MR) is 122 cm³/mol. The number of likely N-dealkylation sites (tertiary alicyclic amines) is 2. The minimum absolute atomic E-state index is 0.190. The lowest BCUT2D eigenvalue weighted by Gasteiger charge is -2.21. The van der Waals surface area contributed by atoms with Crippen molar-refractivity contribution in [1.82, 2.24) is 19.8 Å². The third-order valence-electron chi connectivity index (χ3n) is 6.53. The van der Waals surface area contributed by atoms with Crippen molar-refractivity contribution in [2.75, 3.05) is 32.0 Å². The summed E-state index contributed by atoms with van der Waals surface area (Å²) in [6, 6.07) is 14.1. The summed E-state index contributed by atoms with van der Waals surface area (Å²) in [7, 11) is 2.16. The Hall–Kier alpha value is -3.43. The summed E-state index contributed by atoms with van der Waals surface area (Å²) in [5.74, 6) is 4.16. The van der Waals surface area contributed by atoms with E-state index < -0.39 is 0 Å². The second kappa shape index (κ2) is 8.01. The number of carbonyl (C=O) groups excluding carboxylic acids is 1. The smallest absolute Gasteiger partial charge is 0.227 e. The fraction of sp³-hybridized carbons (Fsp3) is 0.320. The standard InChI is InChI=1S/C25H25N5O/c1-3-17-5-4-6-20(11-17)28-25-21-12-18(7-8-22(21)26-16-27-25)13-24(31)30-14-19-9-10-29(2)23(19)15-30/h1,4-8,11-12,16,19,23H,9-10,13-15H2,2H3,(H,26,27,28). The van der Waals surface area contributed by atoms with Crippen molar-refractivity contribution in [2.45, 2.75) is 18.9 Å². The van der Waals surface area contributed by atoms with Gasteiger partial charge in [0.1, 0.15) is 12.1 Å². The largest absolute Gasteiger partial charge is 0.340 e. The molecule has 2 unspecified atom stereocenters. The van der Waals surface area contributed by atoms with E-state index >= 15 is 0 Å². The third kappa shape index (κ3) is 3.85. The maximum absolute atomic E-state index is 13.0. The van der Waals surface area contributed by atoms with Gasteiger partial charge >= 0.3 is 0 Å². The number of fused-ring (bicyclic) bond motifs is 2. The zero-order valence-corrected chi connectivity index (χ0v) is 17.6. The van der Waals surface area contributed by atoms with Crippen molar-refractivity contribution in [3.05, 3.63) is 59.9 Å². The van der Waals surface area contributed by atoms with Crippen molar-refractivity contribution < 1.29 is 4.79 Å². The van der Waals surface area contributed by atoms with Gasteiger partial charge in [-0.1, -0.05) is 18.1 Å². The van der Waals surface area contributed by atoms with E-state index in [0.29, 0.717) is 24.2 Å². The van der Waals surface area contributed by atoms with Crippen LogP contribution in [0.15, 0.2) is 48.8 Å². The van der Waals surface area contributed by atoms with Crippen LogP contribution >= 0.6 is 0 Å². The number of hydrogen-bond acceptors (Lipinski definition) is 5. The maximum Gasteiger partial charge on any atom is 0.227 e. The van der Waals surface area contributed by atoms with Gasteiger partial charge in [-0.25, -0.2) is 9.97 Å². The highest BCUT2D eigenvalue weighted by molar-refractivity contribution is 5.92. The first-order valence-electron chi connectivity index (χ1n) is 10.7. The van der Waals surface area contributed by atoms with Crippen LogP contribution in [0, 0.1) is 18.3 Å². The molecule has 2 atom stereocenters. The molecule has 2 saturated heterocycles. The monoisotopic (exact) mass is 411 g/mol. The number of nitrogens with zero attached hydrogens (tertiary/aromatic N) is 4. The van der Waals surface area contributed by atoms with Crippen LogP contribution in [0.25, 0.3) is 10.9 Å². The molecule has 2 aliphatic rings. The molecule has 2 fully saturated rings. The van der Waals surface area contributed by atoms with Crippen LogP contribution in [0.4, 0.5) is 11.5 Å². The van der Waals surface area contributed by atoms with Gasteiger partial charge in [-0.15, -0.1) is 6.42 Å². The van der Waals surface area contributed by atoms with E-state index in [-0.39, 0.29) is 5.91 Å². The molecule has 6 nitrogen and oxygen atoms in total. The summed E-state index contributed by atoms with van der Waals surface area (Å²) >= 11 is 0. The van der Waals surface area contributed by atoms with E-state index in [1.165, 1.54) is 6.42 Å². The summed E-state index contributed by atoms with van der Waals surface area (Å²) < 4.78 is 0. The predicted octanol–water partition coefficient (Wildman–Crippen LogP) is 3.06. The van der Waals surface area contributed by atoms with Crippen molar-refractivity contribution >= 4 is 28.3 Å². The minimum atomic E-state index is 0.190. The molecular formula is C25H25N5O. The Morgan fingerprint density at radius 1 is 1.23 bits per heavy atom. The van der Waals surface area contributed by atoms with Gasteiger partial charge in [-0.3, -0.25) is 4.79 Å². The Kier molecular flexibility index (Phi) is 5.05. The van der Waals surface area contributed by atoms with Crippen molar-refractivity contribution in [3.63, 3.8) is 0 Å². The quantitative estimate of drug-likeness (QED) is 0.669. The molecule has 0 spiro atoms. The normalized spacial score (nSPS) is 20.6. The first kappa shape index (κ1) is 19.5. The van der Waals surface area contributed by atoms with E-state index in [1.54, 1.807) is 6.33 Å². The molecule has 6 heteroatoms. The van der Waals surface area contributed by atoms with Gasteiger partial charge in [0.25, 0.3) is 0 Å². The highest BCUT2D eigenvalue weighted by atomic mass is 16.2. The third-order valence-corrected chi connectivity index (χ3v) is 6.53. The van der Waals surface area contributed by atoms with Crippen LogP contribution in [0.1, 0.15) is 17.5 Å². The topological polar surface area (TPSA) is 61.4 Å². The molecule has 1 aromatic heterocycles. The molecule has 0 saturated carbocycles. The van der Waals surface area contributed by atoms with E-state index in [0.717, 1.165) is 47.4 Å². The number of terminal acetylenes is 1. The molecule has 3 heterocycles. The number of benzene rings is 2. The first-order chi connectivity index (χ1) is 15.1. The van der Waals surface area contributed by atoms with Gasteiger partial charge in [0.05, 0.1) is 11.9 Å². The Morgan fingerprint density at radius 2 is 2.13 bits per heavy atom. The van der Waals surface area contributed by atoms with Crippen LogP contribution in [-0.4, -0.2) is 58.4 Å². The molecule has 2 aliphatic heterocycles. The van der Waals surface area contributed by atoms with Crippen molar-refractivity contribution in [1.29, 1.82) is 0 Å². The molecule has 31 heavy (non-hydrogen) atoms. The number of amides is 1. The number of likely N-dealkylation sites (N-methyl/N-ethyl adjacent to an activating group) is 1. The number of carbonyl (C=O) groups is 1. The first-order valence-corrected chi connectivity index (χ1v) is 10.7. The van der Waals surface area contributed by atoms with Gasteiger partial charge in [-0.05, 0) is 61.8 Å². The van der Waals surface area contributed by atoms with Gasteiger partial charge in [0, 0.05) is 35.8 Å². The number of anilines is 2. The fourth-order valence-corrected chi connectivity index (χ4v) is 4.80. The average molecular weight is 412 g/mol. The highest BCUT2D eigenvalue weighted by Crippen LogP contribution is 2.31. The summed E-state index contributed by atoms with van der Waals surface area (Å²) in [5.41, 5.74) is 3.47. The summed E-state index contributed by atoms with van der Waals surface area (Å²) in [5, 5.41) is 4.23. The van der Waals surface area contributed by atoms with Crippen LogP contribution in [0.5, 0.6) is 0 Å². The maximum atomic E-state index is 13.0. The molecule has 5 rings (SSSR count). The molecule has 0 radical (unpaired) electrons. The van der Waals surface area contributed by atoms with Crippen LogP contribution in [0.3, 0.4) is 0 Å². The fourth-order valence-electron chi connectivity index (χ4n) is 4.80. The van der Waals surface area contributed by atoms with E-state index in [2.05, 4.69) is 33.2 Å². The van der Waals surface area contributed by atoms with Crippen LogP contribution in [-0.2, 0) is 11.2 Å². The second-order valence-corrected chi connectivity index (χ2v) is 8.50. The Morgan fingerprint density at radius 3 is 2.97 bits per heavy atom. The van der Waals surface area contributed by atoms with Gasteiger partial charge in [0.2, 0.25) is 5.91 Å². The van der Waals surface area contributed by atoms with E-state index in [4.69, 9.17) is 6.42 Å². The summed E-state index contributed by atoms with van der Waals surface area (Å²) in [6.07, 6.45) is 8.64. The molecule has 3 aromatic rings.